The van der Waals surface area contributed by atoms with Gasteiger partial charge in [-0.1, -0.05) is 12.1 Å². The molecule has 1 aliphatic rings. The molecule has 1 saturated heterocycles. The molecule has 3 rings (SSSR count). The zero-order valence-corrected chi connectivity index (χ0v) is 21.8. The highest BCUT2D eigenvalue weighted by Gasteiger charge is 2.71. The van der Waals surface area contributed by atoms with Gasteiger partial charge in [0.25, 0.3) is 11.5 Å². The van der Waals surface area contributed by atoms with Gasteiger partial charge in [0.05, 0.1) is 6.04 Å². The SMILES string of the molecule is CN(c1nnc(C(N)=O)c(Nc2ccc(C(O)(C(F)(F)F)C(F)(F)F)cc2)n1)[C@@H]1CCN(C(=O)OC(C)(C)C)C1. The molecule has 2 amide bonds. The Morgan fingerprint density at radius 3 is 2.15 bits per heavy atom. The fourth-order valence-corrected chi connectivity index (χ4v) is 3.85. The number of hydrogen-bond donors (Lipinski definition) is 3. The number of amides is 2. The number of halogens is 6. The van der Waals surface area contributed by atoms with Crippen molar-refractivity contribution in [1.82, 2.24) is 20.1 Å². The number of rotatable bonds is 6. The van der Waals surface area contributed by atoms with Crippen molar-refractivity contribution in [3.05, 3.63) is 35.5 Å². The average molecular weight is 580 g/mol. The Balaban J connectivity index is 1.84. The molecule has 1 aromatic carbocycles. The number of likely N-dealkylation sites (N-methyl/N-ethyl adjacent to an activating group) is 1. The molecule has 1 fully saturated rings. The molecule has 17 heteroatoms. The number of likely N-dealkylation sites (tertiary alicyclic amines) is 1. The third-order valence-electron chi connectivity index (χ3n) is 5.97. The Hall–Kier alpha value is -3.89. The Kier molecular flexibility index (Phi) is 8.11. The lowest BCUT2D eigenvalue weighted by atomic mass is 9.92. The van der Waals surface area contributed by atoms with E-state index in [1.807, 2.05) is 0 Å². The minimum Gasteiger partial charge on any atom is -0.444 e. The third-order valence-corrected chi connectivity index (χ3v) is 5.97. The number of hydrogen-bond acceptors (Lipinski definition) is 9. The first-order valence-electron chi connectivity index (χ1n) is 11.7. The van der Waals surface area contributed by atoms with Crippen molar-refractivity contribution in [2.45, 2.75) is 56.8 Å². The maximum absolute atomic E-state index is 13.2. The molecule has 1 aromatic heterocycles. The second-order valence-corrected chi connectivity index (χ2v) is 10.1. The number of nitrogens with zero attached hydrogens (tertiary/aromatic N) is 5. The Morgan fingerprint density at radius 2 is 1.65 bits per heavy atom. The van der Waals surface area contributed by atoms with Crippen molar-refractivity contribution < 1.29 is 45.8 Å². The molecule has 2 aromatic rings. The van der Waals surface area contributed by atoms with Gasteiger partial charge < -0.3 is 30.7 Å². The molecule has 0 saturated carbocycles. The summed E-state index contributed by atoms with van der Waals surface area (Å²) in [6.45, 7) is 5.85. The fraction of sp³-hybridized carbons (Fsp3) is 0.522. The minimum absolute atomic E-state index is 0.0105. The van der Waals surface area contributed by atoms with Crippen molar-refractivity contribution in [3.63, 3.8) is 0 Å². The van der Waals surface area contributed by atoms with Crippen LogP contribution in [0.4, 0.5) is 48.6 Å². The van der Waals surface area contributed by atoms with Crippen LogP contribution in [-0.2, 0) is 10.3 Å². The van der Waals surface area contributed by atoms with Crippen LogP contribution in [0.5, 0.6) is 0 Å². The van der Waals surface area contributed by atoms with Crippen LogP contribution < -0.4 is 16.0 Å². The van der Waals surface area contributed by atoms with Gasteiger partial charge in [0, 0.05) is 31.4 Å². The molecule has 2 heterocycles. The lowest BCUT2D eigenvalue weighted by Crippen LogP contribution is -2.53. The molecular formula is C23H27F6N7O4. The highest BCUT2D eigenvalue weighted by molar-refractivity contribution is 5.96. The zero-order valence-electron chi connectivity index (χ0n) is 21.8. The van der Waals surface area contributed by atoms with Gasteiger partial charge in [0.15, 0.2) is 11.5 Å². The van der Waals surface area contributed by atoms with E-state index in [-0.39, 0.29) is 30.0 Å². The maximum atomic E-state index is 13.2. The van der Waals surface area contributed by atoms with E-state index in [0.717, 1.165) is 12.1 Å². The second-order valence-electron chi connectivity index (χ2n) is 10.1. The molecule has 1 aliphatic heterocycles. The third kappa shape index (κ3) is 6.29. The first kappa shape index (κ1) is 30.6. The number of anilines is 3. The van der Waals surface area contributed by atoms with Gasteiger partial charge in [0.2, 0.25) is 5.95 Å². The smallest absolute Gasteiger partial charge is 0.430 e. The Morgan fingerprint density at radius 1 is 1.07 bits per heavy atom. The van der Waals surface area contributed by atoms with Crippen LogP contribution in [-0.4, -0.2) is 81.3 Å². The number of primary amides is 1. The monoisotopic (exact) mass is 579 g/mol. The summed E-state index contributed by atoms with van der Waals surface area (Å²) in [5.41, 5.74) is -2.48. The van der Waals surface area contributed by atoms with Crippen molar-refractivity contribution in [2.24, 2.45) is 5.73 Å². The van der Waals surface area contributed by atoms with Crippen LogP contribution in [0.15, 0.2) is 24.3 Å². The van der Waals surface area contributed by atoms with E-state index in [4.69, 9.17) is 10.5 Å². The number of benzene rings is 1. The summed E-state index contributed by atoms with van der Waals surface area (Å²) in [7, 11) is 1.61. The average Bonchev–Trinajstić information content (AvgIpc) is 3.31. The molecule has 11 nitrogen and oxygen atoms in total. The van der Waals surface area contributed by atoms with Gasteiger partial charge >= 0.3 is 18.4 Å². The molecule has 1 atom stereocenters. The number of carbonyl (C=O) groups excluding carboxylic acids is 2. The summed E-state index contributed by atoms with van der Waals surface area (Å²) < 4.78 is 84.4. The van der Waals surface area contributed by atoms with Crippen LogP contribution >= 0.6 is 0 Å². The minimum atomic E-state index is -6.05. The number of carbonyl (C=O) groups is 2. The summed E-state index contributed by atoms with van der Waals surface area (Å²) in [6.07, 6.45) is -12.1. The van der Waals surface area contributed by atoms with Gasteiger partial charge in [0.1, 0.15) is 5.60 Å². The first-order valence-corrected chi connectivity index (χ1v) is 11.7. The lowest BCUT2D eigenvalue weighted by Gasteiger charge is -2.32. The highest BCUT2D eigenvalue weighted by atomic mass is 19.4. The van der Waals surface area contributed by atoms with E-state index in [1.165, 1.54) is 4.90 Å². The van der Waals surface area contributed by atoms with E-state index >= 15 is 0 Å². The maximum Gasteiger partial charge on any atom is 0.430 e. The van der Waals surface area contributed by atoms with Crippen molar-refractivity contribution in [2.75, 3.05) is 30.4 Å². The van der Waals surface area contributed by atoms with Crippen molar-refractivity contribution in [1.29, 1.82) is 0 Å². The summed E-state index contributed by atoms with van der Waals surface area (Å²) in [6, 6.07) is 2.23. The quantitative estimate of drug-likeness (QED) is 0.438. The molecule has 0 unspecified atom stereocenters. The number of aliphatic hydroxyl groups is 1. The van der Waals surface area contributed by atoms with Crippen LogP contribution in [0.1, 0.15) is 43.2 Å². The molecular weight excluding hydrogens is 552 g/mol. The van der Waals surface area contributed by atoms with Gasteiger partial charge in [-0.15, -0.1) is 10.2 Å². The summed E-state index contributed by atoms with van der Waals surface area (Å²) in [4.78, 5) is 31.5. The van der Waals surface area contributed by atoms with Crippen LogP contribution in [0.25, 0.3) is 0 Å². The lowest BCUT2D eigenvalue weighted by molar-refractivity contribution is -0.376. The molecule has 220 valence electrons. The van der Waals surface area contributed by atoms with Crippen LogP contribution in [0.2, 0.25) is 0 Å². The van der Waals surface area contributed by atoms with Gasteiger partial charge in [-0.05, 0) is 39.3 Å². The molecule has 0 bridgehead atoms. The number of ether oxygens (including phenoxy) is 1. The van der Waals surface area contributed by atoms with E-state index < -0.39 is 46.8 Å². The van der Waals surface area contributed by atoms with E-state index in [0.29, 0.717) is 25.1 Å². The predicted octanol–water partition coefficient (Wildman–Crippen LogP) is 3.47. The molecule has 0 aliphatic carbocycles. The normalized spacial score (nSPS) is 16.6. The topological polar surface area (TPSA) is 147 Å². The van der Waals surface area contributed by atoms with E-state index in [2.05, 4.69) is 20.5 Å². The summed E-state index contributed by atoms with van der Waals surface area (Å²) in [5.74, 6) is -1.35. The Labute approximate surface area is 224 Å². The standard InChI is InChI=1S/C23H27F6N7O4/c1-20(2,3)40-19(38)36-10-9-14(11-36)35(4)18-32-17(15(16(30)37)33-34-18)31-13-7-5-12(6-8-13)21(39,22(24,25)26)23(27,28)29/h5-8,14,39H,9-11H2,1-4H3,(H2,30,37)(H,31,32,34)/t14-/m1/s1. The number of nitrogens with two attached hydrogens (primary N) is 1. The number of aromatic nitrogens is 3. The highest BCUT2D eigenvalue weighted by Crippen LogP contribution is 2.50. The first-order chi connectivity index (χ1) is 18.2. The van der Waals surface area contributed by atoms with Crippen molar-refractivity contribution >= 4 is 29.5 Å². The molecule has 0 spiro atoms. The molecule has 0 radical (unpaired) electrons. The van der Waals surface area contributed by atoms with Crippen LogP contribution in [0.3, 0.4) is 0 Å². The predicted molar refractivity (Wildman–Crippen MR) is 129 cm³/mol. The van der Waals surface area contributed by atoms with Gasteiger partial charge in [-0.25, -0.2) is 4.79 Å². The zero-order chi connectivity index (χ0) is 30.3. The fourth-order valence-electron chi connectivity index (χ4n) is 3.85. The number of nitrogens with one attached hydrogen (secondary N) is 1. The summed E-state index contributed by atoms with van der Waals surface area (Å²) in [5, 5.41) is 19.8. The van der Waals surface area contributed by atoms with E-state index in [1.54, 1.807) is 32.7 Å². The second kappa shape index (κ2) is 10.6. The van der Waals surface area contributed by atoms with Crippen LogP contribution in [0, 0.1) is 0 Å². The molecule has 4 N–H and O–H groups in total. The number of alkyl halides is 6. The van der Waals surface area contributed by atoms with Gasteiger partial charge in [-0.3, -0.25) is 4.79 Å². The molecule has 40 heavy (non-hydrogen) atoms. The summed E-state index contributed by atoms with van der Waals surface area (Å²) >= 11 is 0. The van der Waals surface area contributed by atoms with Crippen molar-refractivity contribution in [3.8, 4) is 0 Å². The Bertz CT molecular complexity index is 1230. The van der Waals surface area contributed by atoms with Gasteiger partial charge in [-0.2, -0.15) is 31.3 Å². The van der Waals surface area contributed by atoms with E-state index in [9.17, 15) is 41.0 Å². The largest absolute Gasteiger partial charge is 0.444 e.